The number of ether oxygens (including phenoxy) is 2. The van der Waals surface area contributed by atoms with Crippen molar-refractivity contribution in [2.45, 2.75) is 74.8 Å². The number of rotatable bonds is 2. The highest BCUT2D eigenvalue weighted by Crippen LogP contribution is 2.54. The topological polar surface area (TPSA) is 220 Å². The number of pyridine rings is 1. The molecule has 52 heavy (non-hydrogen) atoms. The smallest absolute Gasteiger partial charge is 0.325 e. The fourth-order valence-corrected chi connectivity index (χ4v) is 9.86. The third-order valence-corrected chi connectivity index (χ3v) is 12.3. The zero-order valence-corrected chi connectivity index (χ0v) is 29.4. The van der Waals surface area contributed by atoms with Crippen LogP contribution < -0.4 is 10.6 Å². The van der Waals surface area contributed by atoms with Gasteiger partial charge in [-0.1, -0.05) is 0 Å². The van der Waals surface area contributed by atoms with Crippen molar-refractivity contribution in [3.05, 3.63) is 42.1 Å². The van der Waals surface area contributed by atoms with Crippen molar-refractivity contribution < 1.29 is 56.1 Å². The average molecular weight is 775 g/mol. The minimum Gasteiger partial charge on any atom is -0.386 e. The van der Waals surface area contributed by atoms with E-state index in [0.29, 0.717) is 46.4 Å². The Balaban J connectivity index is 1.00. The summed E-state index contributed by atoms with van der Waals surface area (Å²) in [4.78, 5) is 48.6. The molecule has 23 heteroatoms. The molecule has 4 aromatic heterocycles. The number of aromatic nitrogens is 5. The monoisotopic (exact) mass is 775 g/mol. The third-order valence-electron chi connectivity index (χ3n) is 9.72. The second-order valence-electron chi connectivity index (χ2n) is 13.0. The lowest BCUT2D eigenvalue weighted by Crippen LogP contribution is -2.38. The Bertz CT molecular complexity index is 2090. The van der Waals surface area contributed by atoms with E-state index in [1.54, 1.807) is 18.5 Å². The van der Waals surface area contributed by atoms with Gasteiger partial charge in [0.25, 0.3) is 7.47 Å². The molecular formula is C29H29BFN7O11P2S. The summed E-state index contributed by atoms with van der Waals surface area (Å²) in [5.74, 6) is -0.0746. The number of carbonyl (C=O) groups is 2. The molecule has 2 radical (unpaired) electrons. The normalized spacial score (nSPS) is 36.6. The van der Waals surface area contributed by atoms with Gasteiger partial charge in [-0.3, -0.25) is 18.7 Å². The Morgan fingerprint density at radius 1 is 0.885 bits per heavy atom. The summed E-state index contributed by atoms with van der Waals surface area (Å²) < 4.78 is 67.8. The fraction of sp³-hybridized carbons (Fsp3) is 0.483. The predicted octanol–water partition coefficient (Wildman–Crippen LogP) is 2.05. The number of hydrogen-bond acceptors (Lipinski definition) is 14. The van der Waals surface area contributed by atoms with E-state index in [2.05, 4.69) is 25.6 Å². The van der Waals surface area contributed by atoms with E-state index in [4.69, 9.17) is 46.9 Å². The van der Waals surface area contributed by atoms with Gasteiger partial charge in [-0.15, -0.1) is 0 Å². The average Bonchev–Trinajstić information content (AvgIpc) is 3.76. The summed E-state index contributed by atoms with van der Waals surface area (Å²) in [5.41, 5.74) is 2.63. The first-order chi connectivity index (χ1) is 24.9. The van der Waals surface area contributed by atoms with Gasteiger partial charge in [0.1, 0.15) is 54.0 Å². The first-order valence-electron chi connectivity index (χ1n) is 16.3. The van der Waals surface area contributed by atoms with Crippen molar-refractivity contribution in [1.29, 1.82) is 0 Å². The number of hydrogen-bond donors (Lipinski definition) is 4. The van der Waals surface area contributed by atoms with Crippen molar-refractivity contribution >= 4 is 79.0 Å². The molecule has 3 saturated heterocycles. The van der Waals surface area contributed by atoms with Gasteiger partial charge in [0.05, 0.1) is 24.3 Å². The van der Waals surface area contributed by atoms with E-state index in [1.165, 1.54) is 21.7 Å². The first-order valence-corrected chi connectivity index (χ1v) is 20.5. The molecule has 9 heterocycles. The Labute approximate surface area is 299 Å². The molecule has 4 aromatic rings. The predicted molar refractivity (Wildman–Crippen MR) is 181 cm³/mol. The molecule has 5 aliphatic heterocycles. The third kappa shape index (κ3) is 5.92. The fourth-order valence-electron chi connectivity index (χ4n) is 7.41. The largest absolute Gasteiger partial charge is 0.386 e. The van der Waals surface area contributed by atoms with E-state index in [-0.39, 0.29) is 24.7 Å². The van der Waals surface area contributed by atoms with Crippen LogP contribution in [0.4, 0.5) is 15.9 Å². The lowest BCUT2D eigenvalue weighted by molar-refractivity contribution is -0.116. The molecule has 18 nitrogen and oxygen atoms in total. The highest BCUT2D eigenvalue weighted by molar-refractivity contribution is 8.07. The van der Waals surface area contributed by atoms with Crippen LogP contribution in [-0.4, -0.2) is 103 Å². The molecule has 2 amide bonds. The van der Waals surface area contributed by atoms with E-state index >= 15 is 4.39 Å². The lowest BCUT2D eigenvalue weighted by Gasteiger charge is -2.30. The summed E-state index contributed by atoms with van der Waals surface area (Å²) in [7, 11) is 1.43. The van der Waals surface area contributed by atoms with Crippen LogP contribution in [-0.2, 0) is 66.4 Å². The van der Waals surface area contributed by atoms with E-state index < -0.39 is 76.6 Å². The maximum absolute atomic E-state index is 16.5. The Hall–Kier alpha value is -3.20. The summed E-state index contributed by atoms with van der Waals surface area (Å²) in [6.45, 7) is -5.42. The van der Waals surface area contributed by atoms with Crippen molar-refractivity contribution in [3.8, 4) is 0 Å². The highest BCUT2D eigenvalue weighted by Gasteiger charge is 2.53. The van der Waals surface area contributed by atoms with Crippen LogP contribution in [0.2, 0.25) is 0 Å². The number of nitrogens with one attached hydrogen (secondary N) is 2. The maximum Gasteiger partial charge on any atom is 0.325 e. The minimum atomic E-state index is -4.58. The quantitative estimate of drug-likeness (QED) is 0.169. The summed E-state index contributed by atoms with van der Waals surface area (Å²) in [6.07, 6.45) is -4.60. The molecule has 10 atom stereocenters. The van der Waals surface area contributed by atoms with Crippen LogP contribution in [0.1, 0.15) is 36.4 Å². The molecule has 5 aliphatic rings. The summed E-state index contributed by atoms with van der Waals surface area (Å²) in [6, 6.07) is 1.64. The number of fused-ring (bicyclic) bond motifs is 2. The number of alkyl halides is 1. The van der Waals surface area contributed by atoms with E-state index in [1.807, 2.05) is 0 Å². The van der Waals surface area contributed by atoms with Crippen molar-refractivity contribution in [2.75, 3.05) is 23.8 Å². The minimum absolute atomic E-state index is 0.167. The molecule has 272 valence electrons. The molecule has 0 saturated carbocycles. The Morgan fingerprint density at radius 2 is 1.54 bits per heavy atom. The summed E-state index contributed by atoms with van der Waals surface area (Å²) >= 11 is 5.32. The molecule has 4 unspecified atom stereocenters. The number of anilines is 2. The zero-order chi connectivity index (χ0) is 36.1. The van der Waals surface area contributed by atoms with Gasteiger partial charge in [-0.25, -0.2) is 19.3 Å². The number of nitrogens with zero attached hydrogens (tertiary/aromatic N) is 5. The lowest BCUT2D eigenvalue weighted by atomic mass is 10.1. The second kappa shape index (κ2) is 12.7. The van der Waals surface area contributed by atoms with Crippen LogP contribution in [0.3, 0.4) is 0 Å². The number of aliphatic hydroxyl groups is 1. The van der Waals surface area contributed by atoms with Crippen LogP contribution in [0.5, 0.6) is 0 Å². The molecule has 0 spiro atoms. The number of carbonyl (C=O) groups excluding carboxylic acids is 2. The van der Waals surface area contributed by atoms with Crippen LogP contribution in [0.15, 0.2) is 31.0 Å². The van der Waals surface area contributed by atoms with Crippen LogP contribution >= 0.6 is 14.2 Å². The molecule has 0 aromatic carbocycles. The number of aryl methyl sites for hydroxylation is 2. The molecule has 3 fully saturated rings. The maximum atomic E-state index is 16.5. The van der Waals surface area contributed by atoms with Crippen molar-refractivity contribution in [2.24, 2.45) is 0 Å². The van der Waals surface area contributed by atoms with Gasteiger partial charge >= 0.3 is 6.72 Å². The Kier molecular flexibility index (Phi) is 8.44. The van der Waals surface area contributed by atoms with E-state index in [9.17, 15) is 24.2 Å². The summed E-state index contributed by atoms with van der Waals surface area (Å²) in [5, 5.41) is 18.3. The first kappa shape index (κ1) is 34.6. The number of halogens is 1. The highest BCUT2D eigenvalue weighted by atomic mass is 32.5. The standard InChI is InChI=1S/C29H29BFN7O11P2S/c30-50(42)44-9-16-24(22(41)29(47-16)38-8-13-2-4-18(40)36-25-20(13)27(38)34-11-33-25)49-51(43,52)45-10-15-23(48-50)21(31)28(46-15)37-7-12-1-3-17(39)35-14-5-6-32-26(37)19(12)14/h5-8,11,15-16,21-24,28-29,41H,1-4,9-10H2,(H,35,39)(H,43,52)(H,33,34,36,40)/t15-,16-,21+,22?,23?,24+,28-,29-,50?,51?/m1/s1. The zero-order valence-electron chi connectivity index (χ0n) is 26.8. The van der Waals surface area contributed by atoms with Gasteiger partial charge in [0, 0.05) is 36.8 Å². The van der Waals surface area contributed by atoms with Crippen molar-refractivity contribution in [1.82, 2.24) is 24.1 Å². The molecule has 0 bridgehead atoms. The van der Waals surface area contributed by atoms with Crippen molar-refractivity contribution in [3.63, 3.8) is 0 Å². The molecule has 0 aliphatic carbocycles. The molecule has 4 N–H and O–H groups in total. The van der Waals surface area contributed by atoms with Gasteiger partial charge in [0.15, 0.2) is 18.6 Å². The van der Waals surface area contributed by atoms with Gasteiger partial charge in [0.2, 0.25) is 19.4 Å². The second-order valence-corrected chi connectivity index (χ2v) is 17.3. The van der Waals surface area contributed by atoms with Crippen LogP contribution in [0.25, 0.3) is 22.1 Å². The van der Waals surface area contributed by atoms with Gasteiger partial charge in [-0.2, -0.15) is 0 Å². The van der Waals surface area contributed by atoms with Gasteiger partial charge in [-0.05, 0) is 41.8 Å². The number of aliphatic hydroxyl groups excluding tert-OH is 1. The Morgan fingerprint density at radius 3 is 2.33 bits per heavy atom. The molecule has 9 rings (SSSR count). The van der Waals surface area contributed by atoms with E-state index in [0.717, 1.165) is 11.1 Å². The number of amides is 2. The molecular weight excluding hydrogens is 746 g/mol. The van der Waals surface area contributed by atoms with Gasteiger partial charge < -0.3 is 52.8 Å². The SMILES string of the molecule is [B]P1(=O)OC[C@H]2O[C@@H](n3cc4c5c(ncnc53)NC(=O)CC4)C(O)[C@H]2OP(O)(=S)OC[C@H]2O[C@@H](n3cc4c5c(ccnc53)NC(=O)CC4)[C@@H](F)C2O1. The van der Waals surface area contributed by atoms with Crippen LogP contribution in [0, 0.1) is 0 Å².